The van der Waals surface area contributed by atoms with Crippen LogP contribution >= 0.6 is 0 Å². The standard InChI is InChI=1S/C6H5N3O3/c1-2-7-3-4(6(10)11)12-9-5(3)8-2/h1H3,(H,10,11)(H,7,8,9). The van der Waals surface area contributed by atoms with Gasteiger partial charge in [-0.15, -0.1) is 0 Å². The van der Waals surface area contributed by atoms with Crippen molar-refractivity contribution in [1.82, 2.24) is 15.1 Å². The summed E-state index contributed by atoms with van der Waals surface area (Å²) in [4.78, 5) is 17.1. The van der Waals surface area contributed by atoms with E-state index in [2.05, 4.69) is 19.6 Å². The van der Waals surface area contributed by atoms with E-state index in [0.717, 1.165) is 0 Å². The van der Waals surface area contributed by atoms with Crippen LogP contribution in [0.25, 0.3) is 11.2 Å². The van der Waals surface area contributed by atoms with Gasteiger partial charge in [0.05, 0.1) is 0 Å². The smallest absolute Gasteiger partial charge is 0.377 e. The number of hydrogen-bond donors (Lipinski definition) is 2. The number of nitrogens with one attached hydrogen (secondary N) is 1. The van der Waals surface area contributed by atoms with Crippen molar-refractivity contribution >= 4 is 17.1 Å². The van der Waals surface area contributed by atoms with Gasteiger partial charge >= 0.3 is 5.97 Å². The molecule has 2 heterocycles. The number of H-pyrrole nitrogens is 1. The van der Waals surface area contributed by atoms with Gasteiger partial charge in [-0.2, -0.15) is 0 Å². The first kappa shape index (κ1) is 6.84. The third kappa shape index (κ3) is 0.777. The zero-order chi connectivity index (χ0) is 8.72. The van der Waals surface area contributed by atoms with Crippen molar-refractivity contribution in [2.45, 2.75) is 6.92 Å². The molecule has 0 atom stereocenters. The zero-order valence-corrected chi connectivity index (χ0v) is 6.16. The number of nitrogens with zero attached hydrogens (tertiary/aromatic N) is 2. The van der Waals surface area contributed by atoms with Crippen molar-refractivity contribution in [3.63, 3.8) is 0 Å². The minimum Gasteiger partial charge on any atom is -0.475 e. The summed E-state index contributed by atoms with van der Waals surface area (Å²) in [5, 5.41) is 12.1. The molecule has 0 spiro atoms. The number of rotatable bonds is 1. The second-order valence-corrected chi connectivity index (χ2v) is 2.34. The van der Waals surface area contributed by atoms with E-state index in [1.807, 2.05) is 0 Å². The van der Waals surface area contributed by atoms with Crippen LogP contribution in [0.5, 0.6) is 0 Å². The number of aromatic carboxylic acids is 1. The van der Waals surface area contributed by atoms with Gasteiger partial charge in [0.25, 0.3) is 5.76 Å². The zero-order valence-electron chi connectivity index (χ0n) is 6.16. The minimum atomic E-state index is -1.15. The highest BCUT2D eigenvalue weighted by Crippen LogP contribution is 2.14. The molecule has 0 unspecified atom stereocenters. The van der Waals surface area contributed by atoms with Crippen LogP contribution in [0.1, 0.15) is 16.4 Å². The molecule has 62 valence electrons. The molecule has 0 saturated carbocycles. The number of carbonyl (C=O) groups is 1. The maximum Gasteiger partial charge on any atom is 0.377 e. The van der Waals surface area contributed by atoms with Crippen LogP contribution in [0, 0.1) is 6.92 Å². The van der Waals surface area contributed by atoms with E-state index in [0.29, 0.717) is 17.0 Å². The van der Waals surface area contributed by atoms with E-state index in [1.165, 1.54) is 0 Å². The number of carboxylic acids is 1. The van der Waals surface area contributed by atoms with Crippen molar-refractivity contribution in [3.05, 3.63) is 11.6 Å². The van der Waals surface area contributed by atoms with Crippen molar-refractivity contribution in [2.24, 2.45) is 0 Å². The summed E-state index contributed by atoms with van der Waals surface area (Å²) in [6.07, 6.45) is 0. The summed E-state index contributed by atoms with van der Waals surface area (Å²) in [5.74, 6) is -0.738. The second kappa shape index (κ2) is 2.07. The Morgan fingerprint density at radius 3 is 3.08 bits per heavy atom. The van der Waals surface area contributed by atoms with Crippen molar-refractivity contribution in [3.8, 4) is 0 Å². The van der Waals surface area contributed by atoms with E-state index >= 15 is 0 Å². The number of aromatic nitrogens is 3. The molecule has 2 aromatic rings. The Hall–Kier alpha value is -1.85. The van der Waals surface area contributed by atoms with Gasteiger partial charge in [-0.05, 0) is 6.92 Å². The molecule has 2 N–H and O–H groups in total. The van der Waals surface area contributed by atoms with Crippen molar-refractivity contribution < 1.29 is 14.4 Å². The summed E-state index contributed by atoms with van der Waals surface area (Å²) in [5.41, 5.74) is 0.630. The van der Waals surface area contributed by atoms with Crippen molar-refractivity contribution in [2.75, 3.05) is 0 Å². The summed E-state index contributed by atoms with van der Waals surface area (Å²) in [6.45, 7) is 1.72. The van der Waals surface area contributed by atoms with Crippen LogP contribution in [0.2, 0.25) is 0 Å². The van der Waals surface area contributed by atoms with Crippen LogP contribution in [-0.2, 0) is 0 Å². The summed E-state index contributed by atoms with van der Waals surface area (Å²) in [7, 11) is 0. The fourth-order valence-corrected chi connectivity index (χ4v) is 0.984. The SMILES string of the molecule is Cc1nc2noc(C(=O)O)c2[nH]1. The molecule has 0 aliphatic heterocycles. The predicted octanol–water partition coefficient (Wildman–Crippen LogP) is 0.558. The van der Waals surface area contributed by atoms with Crippen LogP contribution < -0.4 is 0 Å². The molecule has 6 nitrogen and oxygen atoms in total. The number of imidazole rings is 1. The third-order valence-electron chi connectivity index (χ3n) is 1.45. The van der Waals surface area contributed by atoms with Gasteiger partial charge in [0.15, 0.2) is 0 Å². The highest BCUT2D eigenvalue weighted by molar-refractivity contribution is 5.96. The number of aromatic amines is 1. The maximum absolute atomic E-state index is 10.5. The topological polar surface area (TPSA) is 92.0 Å². The van der Waals surface area contributed by atoms with Gasteiger partial charge in [0.2, 0.25) is 5.65 Å². The lowest BCUT2D eigenvalue weighted by molar-refractivity contribution is 0.0654. The van der Waals surface area contributed by atoms with Crippen LogP contribution in [-0.4, -0.2) is 26.2 Å². The lowest BCUT2D eigenvalue weighted by Crippen LogP contribution is -1.93. The van der Waals surface area contributed by atoms with E-state index < -0.39 is 5.97 Å². The molecular weight excluding hydrogens is 162 g/mol. The number of carboxylic acid groups (broad SMARTS) is 1. The van der Waals surface area contributed by atoms with Crippen LogP contribution in [0.15, 0.2) is 4.52 Å². The van der Waals surface area contributed by atoms with E-state index in [-0.39, 0.29) is 5.76 Å². The highest BCUT2D eigenvalue weighted by Gasteiger charge is 2.17. The molecule has 2 rings (SSSR count). The molecule has 2 aromatic heterocycles. The molecule has 0 amide bonds. The van der Waals surface area contributed by atoms with Gasteiger partial charge in [-0.3, -0.25) is 0 Å². The molecule has 0 aromatic carbocycles. The number of hydrogen-bond acceptors (Lipinski definition) is 4. The van der Waals surface area contributed by atoms with E-state index in [9.17, 15) is 4.79 Å². The first-order valence-corrected chi connectivity index (χ1v) is 3.24. The van der Waals surface area contributed by atoms with Crippen LogP contribution in [0.4, 0.5) is 0 Å². The van der Waals surface area contributed by atoms with Gasteiger partial charge in [0.1, 0.15) is 11.3 Å². The normalized spacial score (nSPS) is 10.8. The molecule has 0 saturated heterocycles. The average molecular weight is 167 g/mol. The Morgan fingerprint density at radius 2 is 2.42 bits per heavy atom. The molecule has 12 heavy (non-hydrogen) atoms. The lowest BCUT2D eigenvalue weighted by atomic mass is 10.4. The fourth-order valence-electron chi connectivity index (χ4n) is 0.984. The molecular formula is C6H5N3O3. The Labute approximate surface area is 66.2 Å². The third-order valence-corrected chi connectivity index (χ3v) is 1.45. The second-order valence-electron chi connectivity index (χ2n) is 2.34. The van der Waals surface area contributed by atoms with Crippen LogP contribution in [0.3, 0.4) is 0 Å². The largest absolute Gasteiger partial charge is 0.475 e. The van der Waals surface area contributed by atoms with Gasteiger partial charge in [-0.25, -0.2) is 9.78 Å². The monoisotopic (exact) mass is 167 g/mol. The molecule has 0 aliphatic rings. The maximum atomic E-state index is 10.5. The first-order valence-electron chi connectivity index (χ1n) is 3.24. The number of fused-ring (bicyclic) bond motifs is 1. The fraction of sp³-hybridized carbons (Fsp3) is 0.167. The first-order chi connectivity index (χ1) is 5.68. The van der Waals surface area contributed by atoms with Gasteiger partial charge in [-0.1, -0.05) is 5.16 Å². The number of aryl methyl sites for hydroxylation is 1. The molecule has 0 aliphatic carbocycles. The molecule has 6 heteroatoms. The van der Waals surface area contributed by atoms with Gasteiger partial charge in [0, 0.05) is 0 Å². The Balaban J connectivity index is 2.76. The molecule has 0 bridgehead atoms. The Morgan fingerprint density at radius 1 is 1.67 bits per heavy atom. The van der Waals surface area contributed by atoms with Gasteiger partial charge < -0.3 is 14.6 Å². The highest BCUT2D eigenvalue weighted by atomic mass is 16.5. The average Bonchev–Trinajstić information content (AvgIpc) is 2.43. The predicted molar refractivity (Wildman–Crippen MR) is 37.9 cm³/mol. The minimum absolute atomic E-state index is 0.203. The summed E-state index contributed by atoms with van der Waals surface area (Å²) in [6, 6.07) is 0. The Kier molecular flexibility index (Phi) is 1.18. The van der Waals surface area contributed by atoms with Crippen molar-refractivity contribution in [1.29, 1.82) is 0 Å². The Bertz CT molecular complexity index is 442. The summed E-state index contributed by atoms with van der Waals surface area (Å²) < 4.78 is 4.53. The lowest BCUT2D eigenvalue weighted by Gasteiger charge is -1.82. The molecule has 0 fully saturated rings. The molecule has 0 radical (unpaired) electrons. The van der Waals surface area contributed by atoms with E-state index in [1.54, 1.807) is 6.92 Å². The quantitative estimate of drug-likeness (QED) is 0.647. The van der Waals surface area contributed by atoms with E-state index in [4.69, 9.17) is 5.11 Å². The summed E-state index contributed by atoms with van der Waals surface area (Å²) >= 11 is 0.